The largest absolute Gasteiger partial charge is 0.492 e. The molecule has 4 rings (SSSR count). The van der Waals surface area contributed by atoms with Crippen molar-refractivity contribution in [1.82, 2.24) is 9.78 Å². The number of ether oxygens (including phenoxy) is 2. The molecule has 2 N–H and O–H groups in total. The van der Waals surface area contributed by atoms with E-state index in [1.54, 1.807) is 30.3 Å². The molecule has 1 aliphatic heterocycles. The first-order valence-electron chi connectivity index (χ1n) is 9.94. The van der Waals surface area contributed by atoms with Crippen molar-refractivity contribution in [2.45, 2.75) is 39.3 Å². The van der Waals surface area contributed by atoms with Crippen LogP contribution in [0.25, 0.3) is 10.8 Å². The van der Waals surface area contributed by atoms with Crippen molar-refractivity contribution in [2.75, 3.05) is 11.9 Å². The summed E-state index contributed by atoms with van der Waals surface area (Å²) in [4.78, 5) is 37.3. The highest BCUT2D eigenvalue weighted by Crippen LogP contribution is 2.38. The van der Waals surface area contributed by atoms with Gasteiger partial charge in [-0.05, 0) is 32.0 Å². The maximum Gasteiger partial charge on any atom is 0.273 e. The number of aryl methyl sites for hydroxylation is 1. The predicted octanol–water partition coefficient (Wildman–Crippen LogP) is 2.44. The third-order valence-corrected chi connectivity index (χ3v) is 5.02. The fourth-order valence-electron chi connectivity index (χ4n) is 3.64. The molecule has 0 bridgehead atoms. The average Bonchev–Trinajstić information content (AvgIpc) is 3.09. The highest BCUT2D eigenvalue weighted by Gasteiger charge is 2.22. The van der Waals surface area contributed by atoms with E-state index in [0.29, 0.717) is 28.8 Å². The normalized spacial score (nSPS) is 14.9. The summed E-state index contributed by atoms with van der Waals surface area (Å²) >= 11 is 0. The fourth-order valence-corrected chi connectivity index (χ4v) is 3.64. The van der Waals surface area contributed by atoms with Crippen LogP contribution in [0.15, 0.2) is 46.0 Å². The van der Waals surface area contributed by atoms with Crippen LogP contribution >= 0.6 is 0 Å². The van der Waals surface area contributed by atoms with Crippen molar-refractivity contribution in [3.63, 3.8) is 0 Å². The Hall–Kier alpha value is -3.55. The van der Waals surface area contributed by atoms with E-state index in [2.05, 4.69) is 10.4 Å². The van der Waals surface area contributed by atoms with Crippen LogP contribution in [0.5, 0.6) is 11.5 Å². The number of benzene rings is 2. The van der Waals surface area contributed by atoms with E-state index in [0.717, 1.165) is 17.7 Å². The third-order valence-electron chi connectivity index (χ3n) is 5.02. The molecule has 0 saturated heterocycles. The highest BCUT2D eigenvalue weighted by atomic mass is 16.5. The van der Waals surface area contributed by atoms with Crippen LogP contribution in [0.3, 0.4) is 0 Å². The lowest BCUT2D eigenvalue weighted by molar-refractivity contribution is -0.116. The van der Waals surface area contributed by atoms with Crippen molar-refractivity contribution < 1.29 is 14.3 Å². The molecule has 1 atom stereocenters. The number of anilines is 1. The Morgan fingerprint density at radius 3 is 2.80 bits per heavy atom. The molecule has 1 aromatic heterocycles. The Bertz CT molecular complexity index is 1230. The summed E-state index contributed by atoms with van der Waals surface area (Å²) in [6.45, 7) is 4.38. The molecule has 8 nitrogen and oxygen atoms in total. The molecule has 0 radical (unpaired) electrons. The second kappa shape index (κ2) is 8.06. The molecule has 2 heterocycles. The second-order valence-corrected chi connectivity index (χ2v) is 7.26. The van der Waals surface area contributed by atoms with Gasteiger partial charge in [-0.1, -0.05) is 12.1 Å². The number of nitrogens with one attached hydrogen (secondary N) is 2. The minimum Gasteiger partial charge on any atom is -0.492 e. The molecule has 156 valence electrons. The molecule has 30 heavy (non-hydrogen) atoms. The monoisotopic (exact) mass is 409 g/mol. The Kier molecular flexibility index (Phi) is 5.31. The molecule has 0 aliphatic carbocycles. The van der Waals surface area contributed by atoms with Gasteiger partial charge in [0.1, 0.15) is 17.6 Å². The van der Waals surface area contributed by atoms with Crippen molar-refractivity contribution in [3.8, 4) is 11.5 Å². The maximum absolute atomic E-state index is 12.6. The topological polar surface area (TPSA) is 102 Å². The van der Waals surface area contributed by atoms with Gasteiger partial charge in [-0.25, -0.2) is 4.68 Å². The van der Waals surface area contributed by atoms with E-state index in [1.807, 2.05) is 19.9 Å². The van der Waals surface area contributed by atoms with Crippen LogP contribution in [0.2, 0.25) is 0 Å². The maximum atomic E-state index is 12.6. The number of aromatic amines is 1. The number of fused-ring (bicyclic) bond motifs is 2. The van der Waals surface area contributed by atoms with Gasteiger partial charge in [-0.2, -0.15) is 0 Å². The zero-order valence-electron chi connectivity index (χ0n) is 16.9. The average molecular weight is 409 g/mol. The van der Waals surface area contributed by atoms with Crippen LogP contribution in [-0.4, -0.2) is 28.4 Å². The lowest BCUT2D eigenvalue weighted by Gasteiger charge is -2.14. The predicted molar refractivity (Wildman–Crippen MR) is 113 cm³/mol. The summed E-state index contributed by atoms with van der Waals surface area (Å²) in [7, 11) is 0. The zero-order valence-corrected chi connectivity index (χ0v) is 16.9. The number of aromatic nitrogens is 2. The number of hydrogen-bond donors (Lipinski definition) is 2. The number of nitrogens with zero attached hydrogens (tertiary/aromatic N) is 1. The van der Waals surface area contributed by atoms with Crippen LogP contribution in [-0.2, 0) is 17.8 Å². The summed E-state index contributed by atoms with van der Waals surface area (Å²) in [6.07, 6.45) is 0.882. The van der Waals surface area contributed by atoms with E-state index < -0.39 is 0 Å². The molecular formula is C22H23N3O5. The molecule has 1 aliphatic rings. The van der Waals surface area contributed by atoms with Gasteiger partial charge in [0.2, 0.25) is 5.91 Å². The van der Waals surface area contributed by atoms with Gasteiger partial charge >= 0.3 is 0 Å². The highest BCUT2D eigenvalue weighted by molar-refractivity contribution is 5.92. The molecule has 0 unspecified atom stereocenters. The van der Waals surface area contributed by atoms with Gasteiger partial charge in [0.05, 0.1) is 29.6 Å². The number of carbonyl (C=O) groups excluding carboxylic acids is 1. The molecule has 0 fully saturated rings. The summed E-state index contributed by atoms with van der Waals surface area (Å²) in [6, 6.07) is 10.3. The van der Waals surface area contributed by atoms with Crippen LogP contribution in [0.1, 0.15) is 25.8 Å². The Labute approximate surface area is 172 Å². The van der Waals surface area contributed by atoms with Crippen molar-refractivity contribution in [1.29, 1.82) is 0 Å². The summed E-state index contributed by atoms with van der Waals surface area (Å²) in [5.74, 6) is 1.01. The molecular weight excluding hydrogens is 386 g/mol. The third kappa shape index (κ3) is 3.80. The van der Waals surface area contributed by atoms with Gasteiger partial charge in [0.25, 0.3) is 11.1 Å². The molecule has 0 saturated carbocycles. The number of hydrogen-bond acceptors (Lipinski definition) is 5. The van der Waals surface area contributed by atoms with Gasteiger partial charge in [0.15, 0.2) is 0 Å². The quantitative estimate of drug-likeness (QED) is 0.651. The van der Waals surface area contributed by atoms with Crippen LogP contribution < -0.4 is 25.9 Å². The van der Waals surface area contributed by atoms with E-state index in [4.69, 9.17) is 9.47 Å². The number of carbonyl (C=O) groups is 1. The van der Waals surface area contributed by atoms with Gasteiger partial charge in [0, 0.05) is 24.5 Å². The van der Waals surface area contributed by atoms with Gasteiger partial charge < -0.3 is 14.8 Å². The van der Waals surface area contributed by atoms with E-state index in [-0.39, 0.29) is 36.1 Å². The molecule has 0 spiro atoms. The molecule has 3 aromatic rings. The summed E-state index contributed by atoms with van der Waals surface area (Å²) in [5.41, 5.74) is 0.861. The summed E-state index contributed by atoms with van der Waals surface area (Å²) in [5, 5.41) is 6.02. The summed E-state index contributed by atoms with van der Waals surface area (Å²) < 4.78 is 12.6. The smallest absolute Gasteiger partial charge is 0.273 e. The van der Waals surface area contributed by atoms with Crippen LogP contribution in [0, 0.1) is 0 Å². The van der Waals surface area contributed by atoms with E-state index in [1.165, 1.54) is 4.68 Å². The number of rotatable bonds is 6. The van der Waals surface area contributed by atoms with E-state index in [9.17, 15) is 14.4 Å². The van der Waals surface area contributed by atoms with Gasteiger partial charge in [-0.3, -0.25) is 19.5 Å². The Morgan fingerprint density at radius 1 is 1.27 bits per heavy atom. The molecule has 1 amide bonds. The molecule has 8 heteroatoms. The molecule has 2 aromatic carbocycles. The van der Waals surface area contributed by atoms with Crippen molar-refractivity contribution in [2.24, 2.45) is 0 Å². The van der Waals surface area contributed by atoms with Crippen molar-refractivity contribution in [3.05, 3.63) is 62.7 Å². The van der Waals surface area contributed by atoms with Gasteiger partial charge in [-0.15, -0.1) is 0 Å². The fraction of sp³-hybridized carbons (Fsp3) is 0.318. The minimum atomic E-state index is -0.367. The van der Waals surface area contributed by atoms with Crippen LogP contribution in [0.4, 0.5) is 5.69 Å². The van der Waals surface area contributed by atoms with E-state index >= 15 is 0 Å². The standard InChI is InChI=1S/C22H23N3O5/c1-3-29-19-11-14-10-13(2)30-18(14)12-17(19)23-20(26)8-9-25-22(28)16-7-5-4-6-15(16)21(27)24-25/h4-7,11-13H,3,8-10H2,1-2H3,(H,23,26)(H,24,27)/t13-/m0/s1. The lowest BCUT2D eigenvalue weighted by Crippen LogP contribution is -2.31. The number of amides is 1. The number of H-pyrrole nitrogens is 1. The zero-order chi connectivity index (χ0) is 21.3. The SMILES string of the molecule is CCOc1cc2c(cc1NC(=O)CCn1[nH]c(=O)c3ccccc3c1=O)O[C@@H](C)C2. The minimum absolute atomic E-state index is 0.00803. The Morgan fingerprint density at radius 2 is 2.03 bits per heavy atom. The first-order valence-corrected chi connectivity index (χ1v) is 9.94. The van der Waals surface area contributed by atoms with Crippen molar-refractivity contribution >= 4 is 22.4 Å². The first-order chi connectivity index (χ1) is 14.5. The Balaban J connectivity index is 1.52. The first kappa shape index (κ1) is 19.8. The second-order valence-electron chi connectivity index (χ2n) is 7.26. The lowest BCUT2D eigenvalue weighted by atomic mass is 10.1.